The Morgan fingerprint density at radius 1 is 1.17 bits per heavy atom. The Hall–Kier alpha value is -3.70. The predicted molar refractivity (Wildman–Crippen MR) is 176 cm³/mol. The molecule has 5 atom stereocenters. The van der Waals surface area contributed by atoms with Gasteiger partial charge in [0.1, 0.15) is 38.9 Å². The lowest BCUT2D eigenvalue weighted by molar-refractivity contribution is -0.145. The predicted octanol–water partition coefficient (Wildman–Crippen LogP) is 6.08. The topological polar surface area (TPSA) is 131 Å². The molecule has 244 valence electrons. The molecule has 3 aliphatic rings. The van der Waals surface area contributed by atoms with E-state index >= 15 is 0 Å². The van der Waals surface area contributed by atoms with Gasteiger partial charge in [-0.2, -0.15) is 0 Å². The van der Waals surface area contributed by atoms with Gasteiger partial charge < -0.3 is 24.8 Å². The maximum Gasteiger partial charge on any atom is 0.330 e. The number of carboxylic acid groups (broad SMARTS) is 1. The van der Waals surface area contributed by atoms with Crippen LogP contribution in [0.4, 0.5) is 0 Å². The number of carbonyl (C=O) groups is 3. The lowest BCUT2D eigenvalue weighted by Crippen LogP contribution is -2.49. The van der Waals surface area contributed by atoms with Gasteiger partial charge in [-0.1, -0.05) is 37.6 Å². The van der Waals surface area contributed by atoms with Crippen molar-refractivity contribution in [1.29, 1.82) is 0 Å². The van der Waals surface area contributed by atoms with E-state index < -0.39 is 35.4 Å². The number of carbonyl (C=O) groups excluding carboxylic acids is 2. The van der Waals surface area contributed by atoms with Crippen LogP contribution >= 0.6 is 22.9 Å². The normalized spacial score (nSPS) is 26.8. The van der Waals surface area contributed by atoms with Crippen molar-refractivity contribution in [3.8, 4) is 22.2 Å². The Bertz CT molecular complexity index is 1710. The van der Waals surface area contributed by atoms with Crippen LogP contribution in [0, 0.1) is 17.8 Å². The summed E-state index contributed by atoms with van der Waals surface area (Å²) in [6, 6.07) is 5.42. The Kier molecular flexibility index (Phi) is 9.00. The minimum atomic E-state index is -1.34. The number of aromatic nitrogens is 2. The molecule has 6 rings (SSSR count). The second-order valence-electron chi connectivity index (χ2n) is 12.9. The summed E-state index contributed by atoms with van der Waals surface area (Å²) < 4.78 is 12.1. The molecule has 0 radical (unpaired) electrons. The largest absolute Gasteiger partial charge is 0.495 e. The number of benzene rings is 1. The van der Waals surface area contributed by atoms with Crippen LogP contribution in [0.5, 0.6) is 11.5 Å². The highest BCUT2D eigenvalue weighted by atomic mass is 35.5. The van der Waals surface area contributed by atoms with Gasteiger partial charge in [0.05, 0.1) is 30.2 Å². The van der Waals surface area contributed by atoms with E-state index in [1.54, 1.807) is 25.1 Å². The van der Waals surface area contributed by atoms with Gasteiger partial charge in [-0.25, -0.2) is 14.8 Å². The van der Waals surface area contributed by atoms with Crippen molar-refractivity contribution in [2.45, 2.75) is 69.9 Å². The number of ether oxygens (including phenoxy) is 2. The van der Waals surface area contributed by atoms with Crippen LogP contribution in [0.2, 0.25) is 5.02 Å². The molecule has 2 saturated carbocycles. The number of nitrogens with one attached hydrogen (secondary N) is 1. The van der Waals surface area contributed by atoms with E-state index in [-0.39, 0.29) is 24.2 Å². The van der Waals surface area contributed by atoms with Crippen molar-refractivity contribution in [2.75, 3.05) is 20.7 Å². The first kappa shape index (κ1) is 32.2. The van der Waals surface area contributed by atoms with Gasteiger partial charge in [0, 0.05) is 36.3 Å². The molecular formula is C34H39ClN4O6S. The molecule has 2 aliphatic carbocycles. The van der Waals surface area contributed by atoms with Crippen molar-refractivity contribution >= 4 is 51.6 Å². The number of allylic oxidation sites excluding steroid dienone is 1. The quantitative estimate of drug-likeness (QED) is 0.303. The molecule has 1 aliphatic heterocycles. The van der Waals surface area contributed by atoms with Crippen LogP contribution in [0.3, 0.4) is 0 Å². The lowest BCUT2D eigenvalue weighted by Gasteiger charge is -2.26. The average molecular weight is 667 g/mol. The summed E-state index contributed by atoms with van der Waals surface area (Å²) in [4.78, 5) is 51.3. The fourth-order valence-electron chi connectivity index (χ4n) is 6.61. The van der Waals surface area contributed by atoms with Gasteiger partial charge in [0.25, 0.3) is 0 Å². The zero-order chi connectivity index (χ0) is 32.7. The number of pyridine rings is 1. The number of aliphatic carboxylic acids is 1. The van der Waals surface area contributed by atoms with Gasteiger partial charge in [0.15, 0.2) is 0 Å². The van der Waals surface area contributed by atoms with Gasteiger partial charge in [-0.3, -0.25) is 9.59 Å². The number of hydrogen-bond donors (Lipinski definition) is 2. The molecule has 0 spiro atoms. The fourth-order valence-corrected chi connectivity index (χ4v) is 7.84. The van der Waals surface area contributed by atoms with Crippen LogP contribution in [0.15, 0.2) is 35.7 Å². The van der Waals surface area contributed by atoms with Crippen LogP contribution in [0.25, 0.3) is 21.6 Å². The monoisotopic (exact) mass is 666 g/mol. The van der Waals surface area contributed by atoms with E-state index in [0.717, 1.165) is 30.0 Å². The van der Waals surface area contributed by atoms with E-state index in [1.165, 1.54) is 11.3 Å². The van der Waals surface area contributed by atoms with E-state index in [9.17, 15) is 19.5 Å². The minimum Gasteiger partial charge on any atom is -0.495 e. The number of carboxylic acids is 1. The van der Waals surface area contributed by atoms with Crippen molar-refractivity contribution in [3.63, 3.8) is 0 Å². The first-order valence-electron chi connectivity index (χ1n) is 15.8. The van der Waals surface area contributed by atoms with Gasteiger partial charge in [0.2, 0.25) is 11.8 Å². The van der Waals surface area contributed by atoms with Gasteiger partial charge >= 0.3 is 5.97 Å². The maximum atomic E-state index is 13.8. The molecule has 0 unspecified atom stereocenters. The molecular weight excluding hydrogens is 628 g/mol. The first-order chi connectivity index (χ1) is 22.0. The summed E-state index contributed by atoms with van der Waals surface area (Å²) in [6.07, 6.45) is 6.79. The molecule has 2 aromatic heterocycles. The van der Waals surface area contributed by atoms with E-state index in [2.05, 4.69) is 19.2 Å². The molecule has 12 heteroatoms. The molecule has 0 saturated heterocycles. The van der Waals surface area contributed by atoms with Crippen molar-refractivity contribution in [2.24, 2.45) is 17.8 Å². The van der Waals surface area contributed by atoms with E-state index in [4.69, 9.17) is 31.0 Å². The molecule has 3 heterocycles. The Balaban J connectivity index is 1.35. The summed E-state index contributed by atoms with van der Waals surface area (Å²) >= 11 is 8.24. The second kappa shape index (κ2) is 12.8. The minimum absolute atomic E-state index is 0.132. The SMILES string of the molecule is COc1ccc2c(O[C@@H]3C[C@H]4C(=O)N[C@]5(C(=O)O)C[C@H]5C=CCCCCN(C)C(=O)[C@@H]4C3)cc(-c3nc(C(C)C)cs3)nc2c1Cl. The Morgan fingerprint density at radius 3 is 2.67 bits per heavy atom. The smallest absolute Gasteiger partial charge is 0.330 e. The number of nitrogens with zero attached hydrogens (tertiary/aromatic N) is 3. The molecule has 46 heavy (non-hydrogen) atoms. The standard InChI is InChI=1S/C34H39ClN4O6S/c1-18(2)25-17-46-31(37-25)24-15-27(21-10-11-26(44-4)28(35)29(21)36-24)45-20-13-22-23(14-20)32(41)39(3)12-8-6-5-7-9-19-16-34(19,33(42)43)38-30(22)40/h7,9-11,15,17-20,22-23H,5-6,8,12-14,16H2,1-4H3,(H,38,40)(H,42,43)/t19-,20-,22-,23-,34-/m1/s1. The second-order valence-corrected chi connectivity index (χ2v) is 14.1. The third kappa shape index (κ3) is 6.07. The Morgan fingerprint density at radius 2 is 1.96 bits per heavy atom. The number of amides is 2. The van der Waals surface area contributed by atoms with E-state index in [0.29, 0.717) is 52.5 Å². The summed E-state index contributed by atoms with van der Waals surface area (Å²) in [6.45, 7) is 4.74. The molecule has 0 bridgehead atoms. The highest BCUT2D eigenvalue weighted by Gasteiger charge is 2.61. The van der Waals surface area contributed by atoms with Crippen molar-refractivity contribution in [3.05, 3.63) is 46.4 Å². The summed E-state index contributed by atoms with van der Waals surface area (Å²) in [7, 11) is 3.31. The van der Waals surface area contributed by atoms with Crippen LogP contribution in [-0.4, -0.2) is 70.1 Å². The summed E-state index contributed by atoms with van der Waals surface area (Å²) in [5.41, 5.74) is 0.705. The highest BCUT2D eigenvalue weighted by molar-refractivity contribution is 7.13. The van der Waals surface area contributed by atoms with Gasteiger partial charge in [-0.15, -0.1) is 11.3 Å². The number of fused-ring (bicyclic) bond motifs is 3. The maximum absolute atomic E-state index is 13.8. The molecule has 3 aromatic rings. The van der Waals surface area contributed by atoms with Crippen molar-refractivity contribution < 1.29 is 29.0 Å². The molecule has 1 aromatic carbocycles. The number of methoxy groups -OCH3 is 1. The average Bonchev–Trinajstić information content (AvgIpc) is 3.33. The third-order valence-electron chi connectivity index (χ3n) is 9.47. The number of thiazole rings is 1. The first-order valence-corrected chi connectivity index (χ1v) is 17.0. The zero-order valence-electron chi connectivity index (χ0n) is 26.4. The highest BCUT2D eigenvalue weighted by Crippen LogP contribution is 2.47. The van der Waals surface area contributed by atoms with E-state index in [1.807, 2.05) is 29.7 Å². The number of halogens is 1. The Labute approximate surface area is 277 Å². The fraction of sp³-hybridized carbons (Fsp3) is 0.500. The molecule has 2 N–H and O–H groups in total. The van der Waals surface area contributed by atoms with Crippen LogP contribution in [0.1, 0.15) is 64.0 Å². The van der Waals surface area contributed by atoms with Crippen LogP contribution in [-0.2, 0) is 14.4 Å². The summed E-state index contributed by atoms with van der Waals surface area (Å²) in [5.74, 6) is -2.04. The summed E-state index contributed by atoms with van der Waals surface area (Å²) in [5, 5.41) is 16.7. The molecule has 2 fully saturated rings. The number of rotatable bonds is 6. The van der Waals surface area contributed by atoms with Crippen molar-refractivity contribution in [1.82, 2.24) is 20.2 Å². The van der Waals surface area contributed by atoms with Gasteiger partial charge in [-0.05, 0) is 56.6 Å². The zero-order valence-corrected chi connectivity index (χ0v) is 28.0. The molecule has 10 nitrogen and oxygen atoms in total. The molecule has 2 amide bonds. The third-order valence-corrected chi connectivity index (χ3v) is 10.7. The van der Waals surface area contributed by atoms with Crippen LogP contribution < -0.4 is 14.8 Å². The lowest BCUT2D eigenvalue weighted by atomic mass is 9.93. The number of hydrogen-bond acceptors (Lipinski definition) is 8.